The minimum atomic E-state index is -0.592. The van der Waals surface area contributed by atoms with Crippen LogP contribution >= 0.6 is 15.9 Å². The Hall–Kier alpha value is -2.29. The van der Waals surface area contributed by atoms with Crippen molar-refractivity contribution in [3.63, 3.8) is 0 Å². The second-order valence-electron chi connectivity index (χ2n) is 3.97. The van der Waals surface area contributed by atoms with Crippen molar-refractivity contribution in [2.75, 3.05) is 5.32 Å². The predicted octanol–water partition coefficient (Wildman–Crippen LogP) is 1.56. The van der Waals surface area contributed by atoms with Crippen molar-refractivity contribution < 1.29 is 14.5 Å². The summed E-state index contributed by atoms with van der Waals surface area (Å²) in [5.74, 6) is -0.841. The molecule has 0 bridgehead atoms. The first-order valence-electron chi connectivity index (χ1n) is 5.58. The number of carbonyl (C=O) groups is 2. The fraction of sp³-hybridized carbons (Fsp3) is 0.182. The molecule has 9 heteroatoms. The summed E-state index contributed by atoms with van der Waals surface area (Å²) in [5.41, 5.74) is 2.16. The van der Waals surface area contributed by atoms with Gasteiger partial charge in [0.15, 0.2) is 0 Å². The first-order chi connectivity index (χ1) is 9.47. The van der Waals surface area contributed by atoms with Gasteiger partial charge < -0.3 is 5.32 Å². The molecule has 0 radical (unpaired) electrons. The molecule has 1 aliphatic rings. The first kappa shape index (κ1) is 14.1. The van der Waals surface area contributed by atoms with E-state index in [1.165, 1.54) is 12.1 Å². The molecule has 0 spiro atoms. The molecule has 0 aromatic heterocycles. The van der Waals surface area contributed by atoms with Gasteiger partial charge in [0.1, 0.15) is 11.4 Å². The molecule has 0 fully saturated rings. The Labute approximate surface area is 121 Å². The van der Waals surface area contributed by atoms with E-state index in [-0.39, 0.29) is 35.8 Å². The molecule has 104 valence electrons. The van der Waals surface area contributed by atoms with E-state index in [9.17, 15) is 19.7 Å². The maximum Gasteiger partial charge on any atom is 0.293 e. The van der Waals surface area contributed by atoms with Crippen molar-refractivity contribution >= 4 is 44.8 Å². The second-order valence-corrected chi connectivity index (χ2v) is 4.88. The second kappa shape index (κ2) is 5.78. The summed E-state index contributed by atoms with van der Waals surface area (Å²) >= 11 is 3.13. The molecule has 1 aliphatic heterocycles. The Bertz CT molecular complexity index is 629. The zero-order chi connectivity index (χ0) is 14.7. The highest BCUT2D eigenvalue weighted by molar-refractivity contribution is 9.10. The maximum absolute atomic E-state index is 11.9. The number of nitrogens with zero attached hydrogens (tertiary/aromatic N) is 2. The minimum absolute atomic E-state index is 0.0720. The summed E-state index contributed by atoms with van der Waals surface area (Å²) in [7, 11) is 0. The number of nitro groups is 1. The van der Waals surface area contributed by atoms with Crippen LogP contribution in [0.2, 0.25) is 0 Å². The summed E-state index contributed by atoms with van der Waals surface area (Å²) < 4.78 is 0.532. The van der Waals surface area contributed by atoms with E-state index in [0.29, 0.717) is 4.47 Å². The average Bonchev–Trinajstić information content (AvgIpc) is 2.41. The molecule has 1 aromatic carbocycles. The molecule has 0 atom stereocenters. The highest BCUT2D eigenvalue weighted by Crippen LogP contribution is 2.28. The van der Waals surface area contributed by atoms with Gasteiger partial charge in [0.05, 0.1) is 4.92 Å². The topological polar surface area (TPSA) is 114 Å². The quantitative estimate of drug-likeness (QED) is 0.641. The fourth-order valence-electron chi connectivity index (χ4n) is 1.59. The number of hydrogen-bond acceptors (Lipinski definition) is 5. The van der Waals surface area contributed by atoms with Crippen LogP contribution in [0.15, 0.2) is 27.8 Å². The number of carbonyl (C=O) groups excluding carboxylic acids is 2. The number of halogens is 1. The third kappa shape index (κ3) is 3.18. The van der Waals surface area contributed by atoms with Crippen LogP contribution in [-0.2, 0) is 9.59 Å². The van der Waals surface area contributed by atoms with Gasteiger partial charge in [0.2, 0.25) is 5.91 Å². The molecule has 2 rings (SSSR count). The Balaban J connectivity index is 2.20. The molecule has 8 nitrogen and oxygen atoms in total. The Morgan fingerprint density at radius 3 is 2.80 bits per heavy atom. The largest absolute Gasteiger partial charge is 0.315 e. The fourth-order valence-corrected chi connectivity index (χ4v) is 1.94. The lowest BCUT2D eigenvalue weighted by Crippen LogP contribution is -2.32. The van der Waals surface area contributed by atoms with Crippen LogP contribution in [0.5, 0.6) is 0 Å². The summed E-state index contributed by atoms with van der Waals surface area (Å²) in [6.45, 7) is 0. The van der Waals surface area contributed by atoms with E-state index in [1.807, 2.05) is 0 Å². The van der Waals surface area contributed by atoms with Crippen LogP contribution in [0.1, 0.15) is 12.8 Å². The SMILES string of the molecule is O=C1CCC(C(=O)Nc2ccc(Br)cc2[N+](=O)[O-])=NN1. The summed E-state index contributed by atoms with van der Waals surface area (Å²) in [6, 6.07) is 4.29. The van der Waals surface area contributed by atoms with Gasteiger partial charge in [-0.05, 0) is 12.1 Å². The van der Waals surface area contributed by atoms with Crippen molar-refractivity contribution in [2.45, 2.75) is 12.8 Å². The van der Waals surface area contributed by atoms with Crippen LogP contribution in [0.25, 0.3) is 0 Å². The zero-order valence-corrected chi connectivity index (χ0v) is 11.6. The number of hydrogen-bond donors (Lipinski definition) is 2. The number of benzene rings is 1. The number of nitro benzene ring substituents is 1. The third-order valence-corrected chi connectivity index (χ3v) is 3.06. The summed E-state index contributed by atoms with van der Waals surface area (Å²) in [6.07, 6.45) is 0.358. The van der Waals surface area contributed by atoms with E-state index in [0.717, 1.165) is 0 Å². The van der Waals surface area contributed by atoms with Crippen LogP contribution in [-0.4, -0.2) is 22.4 Å². The van der Waals surface area contributed by atoms with E-state index in [4.69, 9.17) is 0 Å². The molecule has 0 unspecified atom stereocenters. The van der Waals surface area contributed by atoms with Gasteiger partial charge in [-0.3, -0.25) is 19.7 Å². The highest BCUT2D eigenvalue weighted by atomic mass is 79.9. The van der Waals surface area contributed by atoms with Crippen molar-refractivity contribution in [1.29, 1.82) is 0 Å². The van der Waals surface area contributed by atoms with Crippen molar-refractivity contribution in [2.24, 2.45) is 5.10 Å². The number of anilines is 1. The van der Waals surface area contributed by atoms with Gasteiger partial charge in [-0.15, -0.1) is 0 Å². The lowest BCUT2D eigenvalue weighted by molar-refractivity contribution is -0.384. The van der Waals surface area contributed by atoms with Crippen molar-refractivity contribution in [1.82, 2.24) is 5.43 Å². The lowest BCUT2D eigenvalue weighted by Gasteiger charge is -2.12. The van der Waals surface area contributed by atoms with Crippen molar-refractivity contribution in [3.05, 3.63) is 32.8 Å². The minimum Gasteiger partial charge on any atom is -0.315 e. The Morgan fingerprint density at radius 2 is 2.20 bits per heavy atom. The molecule has 0 saturated heterocycles. The molecule has 20 heavy (non-hydrogen) atoms. The van der Waals surface area contributed by atoms with Crippen LogP contribution in [0.4, 0.5) is 11.4 Å². The summed E-state index contributed by atoms with van der Waals surface area (Å²) in [4.78, 5) is 33.2. The molecule has 2 amide bonds. The van der Waals surface area contributed by atoms with Crippen LogP contribution in [0, 0.1) is 10.1 Å². The highest BCUT2D eigenvalue weighted by Gasteiger charge is 2.21. The van der Waals surface area contributed by atoms with Gasteiger partial charge in [-0.2, -0.15) is 5.10 Å². The molecule has 1 aromatic rings. The normalized spacial score (nSPS) is 14.2. The van der Waals surface area contributed by atoms with E-state index >= 15 is 0 Å². The smallest absolute Gasteiger partial charge is 0.293 e. The monoisotopic (exact) mass is 340 g/mol. The molecule has 2 N–H and O–H groups in total. The predicted molar refractivity (Wildman–Crippen MR) is 74.2 cm³/mol. The van der Waals surface area contributed by atoms with Gasteiger partial charge >= 0.3 is 0 Å². The van der Waals surface area contributed by atoms with Crippen LogP contribution < -0.4 is 10.7 Å². The van der Waals surface area contributed by atoms with Gasteiger partial charge in [0.25, 0.3) is 11.6 Å². The van der Waals surface area contributed by atoms with Crippen LogP contribution in [0.3, 0.4) is 0 Å². The van der Waals surface area contributed by atoms with Gasteiger partial charge in [-0.25, -0.2) is 5.43 Å². The Morgan fingerprint density at radius 1 is 1.45 bits per heavy atom. The van der Waals surface area contributed by atoms with Gasteiger partial charge in [-0.1, -0.05) is 15.9 Å². The molecule has 0 saturated carbocycles. The van der Waals surface area contributed by atoms with Gasteiger partial charge in [0, 0.05) is 23.4 Å². The van der Waals surface area contributed by atoms with E-state index in [2.05, 4.69) is 31.8 Å². The summed E-state index contributed by atoms with van der Waals surface area (Å²) in [5, 5.41) is 17.0. The van der Waals surface area contributed by atoms with Crippen molar-refractivity contribution in [3.8, 4) is 0 Å². The van der Waals surface area contributed by atoms with E-state index in [1.54, 1.807) is 6.07 Å². The average molecular weight is 341 g/mol. The molecular weight excluding hydrogens is 332 g/mol. The molecule has 1 heterocycles. The van der Waals surface area contributed by atoms with E-state index < -0.39 is 10.8 Å². The first-order valence-corrected chi connectivity index (χ1v) is 6.37. The molecule has 0 aliphatic carbocycles. The number of nitrogens with one attached hydrogen (secondary N) is 2. The number of rotatable bonds is 3. The third-order valence-electron chi connectivity index (χ3n) is 2.57. The standard InChI is InChI=1S/C11H9BrN4O4/c12-6-1-2-7(9(5-6)16(19)20)13-11(18)8-3-4-10(17)15-14-8/h1-2,5H,3-4H2,(H,13,18)(H,15,17). The maximum atomic E-state index is 11.9. The number of hydrazone groups is 1. The number of amides is 2. The Kier molecular flexibility index (Phi) is 4.08. The zero-order valence-electron chi connectivity index (χ0n) is 10.1. The lowest BCUT2D eigenvalue weighted by atomic mass is 10.1. The molecular formula is C11H9BrN4O4.